The summed E-state index contributed by atoms with van der Waals surface area (Å²) in [5.74, 6) is -1.13. The van der Waals surface area contributed by atoms with Crippen molar-refractivity contribution < 1.29 is 23.1 Å². The third kappa shape index (κ3) is 4.02. The van der Waals surface area contributed by atoms with E-state index in [1.807, 2.05) is 6.92 Å². The maximum atomic E-state index is 12.7. The van der Waals surface area contributed by atoms with Crippen LogP contribution in [0.5, 0.6) is 0 Å². The molecule has 0 radical (unpaired) electrons. The number of aryl methyl sites for hydroxylation is 1. The van der Waals surface area contributed by atoms with Gasteiger partial charge in [0.05, 0.1) is 11.5 Å². The quantitative estimate of drug-likeness (QED) is 0.465. The topological polar surface area (TPSA) is 93.6 Å². The van der Waals surface area contributed by atoms with Gasteiger partial charge < -0.3 is 9.84 Å². The molecule has 0 saturated heterocycles. The molecule has 0 unspecified atom stereocenters. The number of hydrogen-bond acceptors (Lipinski definition) is 7. The molecule has 0 aliphatic heterocycles. The number of halogens is 1. The molecule has 134 valence electrons. The van der Waals surface area contributed by atoms with Crippen LogP contribution in [0, 0.1) is 6.92 Å². The van der Waals surface area contributed by atoms with Gasteiger partial charge in [-0.3, -0.25) is 0 Å². The zero-order valence-electron chi connectivity index (χ0n) is 13.7. The first-order chi connectivity index (χ1) is 11.7. The molecule has 0 aliphatic rings. The number of aliphatic hydroxyl groups excluding tert-OH is 1. The predicted octanol–water partition coefficient (Wildman–Crippen LogP) is 3.79. The van der Waals surface area contributed by atoms with E-state index in [-0.39, 0.29) is 37.2 Å². The molecule has 1 N–H and O–H groups in total. The van der Waals surface area contributed by atoms with Crippen LogP contribution in [0.25, 0.3) is 5.57 Å². The number of carbonyl (C=O) groups excluding carboxylic acids is 1. The smallest absolute Gasteiger partial charge is 0.344 e. The van der Waals surface area contributed by atoms with E-state index in [1.54, 1.807) is 19.1 Å². The Balaban J connectivity index is 2.54. The summed E-state index contributed by atoms with van der Waals surface area (Å²) in [5, 5.41) is 9.39. The van der Waals surface area contributed by atoms with Crippen LogP contribution in [0.3, 0.4) is 0 Å². The van der Waals surface area contributed by atoms with Crippen LogP contribution < -0.4 is 0 Å². The van der Waals surface area contributed by atoms with Crippen molar-refractivity contribution in [2.24, 2.45) is 0 Å². The molecule has 25 heavy (non-hydrogen) atoms. The number of sulfone groups is 1. The van der Waals surface area contributed by atoms with Crippen LogP contribution >= 0.6 is 22.9 Å². The van der Waals surface area contributed by atoms with Crippen molar-refractivity contribution in [3.05, 3.63) is 44.9 Å². The molecule has 2 rings (SSSR count). The van der Waals surface area contributed by atoms with Crippen molar-refractivity contribution in [1.82, 2.24) is 4.98 Å². The first-order valence-electron chi connectivity index (χ1n) is 7.24. The molecule has 1 heterocycles. The number of benzene rings is 1. The van der Waals surface area contributed by atoms with E-state index in [2.05, 4.69) is 4.98 Å². The molecule has 0 bridgehead atoms. The molecule has 2 aromatic rings. The van der Waals surface area contributed by atoms with Crippen LogP contribution in [0.4, 0.5) is 0 Å². The number of rotatable bonds is 5. The molecule has 6 nitrogen and oxygen atoms in total. The van der Waals surface area contributed by atoms with Gasteiger partial charge in [-0.05, 0) is 32.9 Å². The summed E-state index contributed by atoms with van der Waals surface area (Å²) in [6, 6.07) is 6.24. The lowest BCUT2D eigenvalue weighted by Gasteiger charge is -2.05. The second-order valence-electron chi connectivity index (χ2n) is 5.10. The standard InChI is InChI=1S/C16H16ClNO5S2/c1-4-23-16(20)12(10(3)19)14-18-15(13(17)24-14)25(21,22)11-7-5-9(2)6-8-11/h5-8,19H,4H2,1-3H3/b12-10-. The molecule has 0 saturated carbocycles. The maximum Gasteiger partial charge on any atom is 0.344 e. The van der Waals surface area contributed by atoms with Crippen molar-refractivity contribution >= 4 is 44.3 Å². The van der Waals surface area contributed by atoms with Crippen molar-refractivity contribution in [3.63, 3.8) is 0 Å². The van der Waals surface area contributed by atoms with Gasteiger partial charge >= 0.3 is 5.97 Å². The maximum absolute atomic E-state index is 12.7. The van der Waals surface area contributed by atoms with E-state index < -0.39 is 15.8 Å². The van der Waals surface area contributed by atoms with Crippen LogP contribution in [0.2, 0.25) is 4.34 Å². The van der Waals surface area contributed by atoms with E-state index in [1.165, 1.54) is 19.1 Å². The number of thiazole rings is 1. The van der Waals surface area contributed by atoms with Crippen LogP contribution in [-0.2, 0) is 19.4 Å². The molecule has 0 spiro atoms. The summed E-state index contributed by atoms with van der Waals surface area (Å²) in [4.78, 5) is 16.0. The van der Waals surface area contributed by atoms with Crippen molar-refractivity contribution in [2.75, 3.05) is 6.61 Å². The fourth-order valence-electron chi connectivity index (χ4n) is 1.98. The number of aromatic nitrogens is 1. The van der Waals surface area contributed by atoms with E-state index in [0.717, 1.165) is 16.9 Å². The fourth-order valence-corrected chi connectivity index (χ4v) is 4.97. The average molecular weight is 402 g/mol. The van der Waals surface area contributed by atoms with Crippen LogP contribution in [0.1, 0.15) is 24.4 Å². The Morgan fingerprint density at radius 3 is 2.44 bits per heavy atom. The van der Waals surface area contributed by atoms with E-state index in [4.69, 9.17) is 16.3 Å². The van der Waals surface area contributed by atoms with Crippen molar-refractivity contribution in [1.29, 1.82) is 0 Å². The molecule has 0 aliphatic carbocycles. The first kappa shape index (κ1) is 19.4. The molecule has 0 amide bonds. The van der Waals surface area contributed by atoms with Gasteiger partial charge in [0.25, 0.3) is 0 Å². The lowest BCUT2D eigenvalue weighted by atomic mass is 10.2. The Hall–Kier alpha value is -1.90. The lowest BCUT2D eigenvalue weighted by Crippen LogP contribution is -2.09. The zero-order chi connectivity index (χ0) is 18.8. The van der Waals surface area contributed by atoms with E-state index in [9.17, 15) is 18.3 Å². The third-order valence-corrected chi connectivity index (χ3v) is 6.41. The largest absolute Gasteiger partial charge is 0.512 e. The Labute approximate surface area is 154 Å². The fraction of sp³-hybridized carbons (Fsp3) is 0.250. The third-order valence-electron chi connectivity index (χ3n) is 3.20. The second kappa shape index (κ2) is 7.55. The van der Waals surface area contributed by atoms with Crippen molar-refractivity contribution in [3.8, 4) is 0 Å². The summed E-state index contributed by atoms with van der Waals surface area (Å²) >= 11 is 6.85. The normalized spacial score (nSPS) is 12.6. The van der Waals surface area contributed by atoms with Gasteiger partial charge in [0.15, 0.2) is 5.03 Å². The lowest BCUT2D eigenvalue weighted by molar-refractivity contribution is -0.136. The van der Waals surface area contributed by atoms with E-state index in [0.29, 0.717) is 0 Å². The average Bonchev–Trinajstić information content (AvgIpc) is 2.90. The van der Waals surface area contributed by atoms with Gasteiger partial charge in [0.1, 0.15) is 20.7 Å². The first-order valence-corrected chi connectivity index (χ1v) is 9.91. The Morgan fingerprint density at radius 2 is 1.92 bits per heavy atom. The zero-order valence-corrected chi connectivity index (χ0v) is 16.1. The summed E-state index contributed by atoms with van der Waals surface area (Å²) < 4.78 is 30.2. The number of ether oxygens (including phenoxy) is 1. The molecule has 1 aromatic heterocycles. The Bertz CT molecular complexity index is 926. The van der Waals surface area contributed by atoms with Crippen LogP contribution in [0.15, 0.2) is 39.9 Å². The highest BCUT2D eigenvalue weighted by Crippen LogP contribution is 2.35. The number of nitrogens with zero attached hydrogens (tertiary/aromatic N) is 1. The predicted molar refractivity (Wildman–Crippen MR) is 95.6 cm³/mol. The minimum atomic E-state index is -3.95. The highest BCUT2D eigenvalue weighted by Gasteiger charge is 2.29. The number of esters is 1. The Kier molecular flexibility index (Phi) is 5.87. The second-order valence-corrected chi connectivity index (χ2v) is 8.56. The van der Waals surface area contributed by atoms with Gasteiger partial charge in [0, 0.05) is 0 Å². The number of aliphatic hydroxyl groups is 1. The van der Waals surface area contributed by atoms with Crippen molar-refractivity contribution in [2.45, 2.75) is 30.7 Å². The minimum absolute atomic E-state index is 0.0193. The SMILES string of the molecule is CCOC(=O)/C(=C(/C)O)c1nc(S(=O)(=O)c2ccc(C)cc2)c(Cl)s1. The Morgan fingerprint density at radius 1 is 1.32 bits per heavy atom. The van der Waals surface area contributed by atoms with Gasteiger partial charge in [0.2, 0.25) is 9.84 Å². The molecule has 0 fully saturated rings. The number of allylic oxidation sites excluding steroid dienone is 1. The summed E-state index contributed by atoms with van der Waals surface area (Å²) in [7, 11) is -3.95. The molecular weight excluding hydrogens is 386 g/mol. The van der Waals surface area contributed by atoms with Gasteiger partial charge in [-0.1, -0.05) is 40.6 Å². The monoisotopic (exact) mass is 401 g/mol. The molecule has 9 heteroatoms. The summed E-state index contributed by atoms with van der Waals surface area (Å²) in [5.41, 5.74) is 0.701. The highest BCUT2D eigenvalue weighted by atomic mass is 35.5. The van der Waals surface area contributed by atoms with E-state index >= 15 is 0 Å². The van der Waals surface area contributed by atoms with Gasteiger partial charge in [-0.15, -0.1) is 0 Å². The molecular formula is C16H16ClNO5S2. The minimum Gasteiger partial charge on any atom is -0.512 e. The summed E-state index contributed by atoms with van der Waals surface area (Å²) in [6.45, 7) is 4.84. The van der Waals surface area contributed by atoms with Gasteiger partial charge in [-0.2, -0.15) is 0 Å². The van der Waals surface area contributed by atoms with Gasteiger partial charge in [-0.25, -0.2) is 18.2 Å². The molecule has 0 atom stereocenters. The van der Waals surface area contributed by atoms with Crippen LogP contribution in [-0.4, -0.2) is 31.1 Å². The highest BCUT2D eigenvalue weighted by molar-refractivity contribution is 7.91. The summed E-state index contributed by atoms with van der Waals surface area (Å²) in [6.07, 6.45) is 0. The number of hydrogen-bond donors (Lipinski definition) is 1. The molecule has 1 aromatic carbocycles. The number of carbonyl (C=O) groups is 1.